The van der Waals surface area contributed by atoms with Crippen molar-refractivity contribution in [1.82, 2.24) is 0 Å². The molecular weight excluding hydrogens is 224 g/mol. The third-order valence-electron chi connectivity index (χ3n) is 2.36. The normalized spacial score (nSPS) is 11.6. The predicted octanol–water partition coefficient (Wildman–Crippen LogP) is 1.76. The SMILES string of the molecule is CC(=O)C(C)C(=O)Nc1ccccc1[N+](=O)[O-]. The number of hydrogen-bond acceptors (Lipinski definition) is 4. The Hall–Kier alpha value is -2.24. The van der Waals surface area contributed by atoms with Gasteiger partial charge in [0.1, 0.15) is 11.5 Å². The van der Waals surface area contributed by atoms with Gasteiger partial charge in [0.25, 0.3) is 5.69 Å². The molecule has 0 aliphatic rings. The monoisotopic (exact) mass is 236 g/mol. The second-order valence-electron chi connectivity index (χ2n) is 3.60. The first-order valence-electron chi connectivity index (χ1n) is 4.98. The maximum absolute atomic E-state index is 11.6. The number of ketones is 1. The number of nitro benzene ring substituents is 1. The van der Waals surface area contributed by atoms with E-state index < -0.39 is 16.7 Å². The van der Waals surface area contributed by atoms with Gasteiger partial charge in [-0.3, -0.25) is 19.7 Å². The minimum Gasteiger partial charge on any atom is -0.320 e. The number of rotatable bonds is 4. The van der Waals surface area contributed by atoms with E-state index in [1.165, 1.54) is 32.0 Å². The number of anilines is 1. The van der Waals surface area contributed by atoms with Crippen molar-refractivity contribution in [2.24, 2.45) is 5.92 Å². The molecule has 0 radical (unpaired) electrons. The highest BCUT2D eigenvalue weighted by Crippen LogP contribution is 2.23. The van der Waals surface area contributed by atoms with Crippen molar-refractivity contribution in [3.05, 3.63) is 34.4 Å². The van der Waals surface area contributed by atoms with E-state index in [-0.39, 0.29) is 17.2 Å². The van der Waals surface area contributed by atoms with E-state index in [0.717, 1.165) is 0 Å². The molecule has 0 fully saturated rings. The smallest absolute Gasteiger partial charge is 0.292 e. The number of carbonyl (C=O) groups excluding carboxylic acids is 2. The lowest BCUT2D eigenvalue weighted by molar-refractivity contribution is -0.383. The van der Waals surface area contributed by atoms with E-state index in [0.29, 0.717) is 0 Å². The lowest BCUT2D eigenvalue weighted by Crippen LogP contribution is -2.25. The van der Waals surface area contributed by atoms with Crippen LogP contribution in [0, 0.1) is 16.0 Å². The van der Waals surface area contributed by atoms with E-state index in [9.17, 15) is 19.7 Å². The van der Waals surface area contributed by atoms with E-state index in [1.54, 1.807) is 6.07 Å². The third-order valence-corrected chi connectivity index (χ3v) is 2.36. The molecule has 0 bridgehead atoms. The minimum absolute atomic E-state index is 0.0931. The van der Waals surface area contributed by atoms with Crippen LogP contribution in [0.4, 0.5) is 11.4 Å². The van der Waals surface area contributed by atoms with Crippen molar-refractivity contribution in [3.8, 4) is 0 Å². The van der Waals surface area contributed by atoms with Crippen LogP contribution in [-0.4, -0.2) is 16.6 Å². The number of hydrogen-bond donors (Lipinski definition) is 1. The number of nitrogens with zero attached hydrogens (tertiary/aromatic N) is 1. The summed E-state index contributed by atoms with van der Waals surface area (Å²) in [7, 11) is 0. The Morgan fingerprint density at radius 2 is 1.94 bits per heavy atom. The number of benzene rings is 1. The van der Waals surface area contributed by atoms with Crippen LogP contribution in [-0.2, 0) is 9.59 Å². The van der Waals surface area contributed by atoms with Gasteiger partial charge in [-0.05, 0) is 19.9 Å². The third kappa shape index (κ3) is 3.10. The largest absolute Gasteiger partial charge is 0.320 e. The molecule has 6 heteroatoms. The molecule has 1 atom stereocenters. The summed E-state index contributed by atoms with van der Waals surface area (Å²) >= 11 is 0. The molecule has 1 unspecified atom stereocenters. The Morgan fingerprint density at radius 1 is 1.35 bits per heavy atom. The van der Waals surface area contributed by atoms with Gasteiger partial charge in [0.2, 0.25) is 5.91 Å². The summed E-state index contributed by atoms with van der Waals surface area (Å²) in [6, 6.07) is 5.78. The summed E-state index contributed by atoms with van der Waals surface area (Å²) in [5.41, 5.74) is -0.104. The summed E-state index contributed by atoms with van der Waals surface area (Å²) in [5.74, 6) is -1.66. The lowest BCUT2D eigenvalue weighted by atomic mass is 10.1. The zero-order valence-corrected chi connectivity index (χ0v) is 9.47. The molecule has 1 aromatic rings. The number of Topliss-reactive ketones (excluding diaryl/α,β-unsaturated/α-hetero) is 1. The standard InChI is InChI=1S/C11H12N2O4/c1-7(8(2)14)11(15)12-9-5-3-4-6-10(9)13(16)17/h3-7H,1-2H3,(H,12,15). The van der Waals surface area contributed by atoms with E-state index in [2.05, 4.69) is 5.32 Å². The minimum atomic E-state index is -0.824. The van der Waals surface area contributed by atoms with Crippen LogP contribution < -0.4 is 5.32 Å². The summed E-state index contributed by atoms with van der Waals surface area (Å²) < 4.78 is 0. The van der Waals surface area contributed by atoms with Crippen LogP contribution in [0.3, 0.4) is 0 Å². The molecule has 0 heterocycles. The summed E-state index contributed by atoms with van der Waals surface area (Å²) in [5, 5.41) is 13.1. The van der Waals surface area contributed by atoms with E-state index in [1.807, 2.05) is 0 Å². The van der Waals surface area contributed by atoms with Crippen LogP contribution in [0.25, 0.3) is 0 Å². The highest BCUT2D eigenvalue weighted by Gasteiger charge is 2.21. The van der Waals surface area contributed by atoms with Crippen molar-refractivity contribution in [3.63, 3.8) is 0 Å². The number of para-hydroxylation sites is 2. The molecule has 90 valence electrons. The fourth-order valence-corrected chi connectivity index (χ4v) is 1.16. The second kappa shape index (κ2) is 5.20. The molecular formula is C11H12N2O4. The quantitative estimate of drug-likeness (QED) is 0.490. The van der Waals surface area contributed by atoms with Crippen LogP contribution in [0.15, 0.2) is 24.3 Å². The topological polar surface area (TPSA) is 89.3 Å². The van der Waals surface area contributed by atoms with Crippen molar-refractivity contribution < 1.29 is 14.5 Å². The van der Waals surface area contributed by atoms with Crippen molar-refractivity contribution in [2.75, 3.05) is 5.32 Å². The number of nitro groups is 1. The second-order valence-corrected chi connectivity index (χ2v) is 3.60. The molecule has 1 N–H and O–H groups in total. The molecule has 0 aliphatic carbocycles. The van der Waals surface area contributed by atoms with Gasteiger partial charge >= 0.3 is 0 Å². The maximum Gasteiger partial charge on any atom is 0.292 e. The van der Waals surface area contributed by atoms with Crippen LogP contribution >= 0.6 is 0 Å². The molecule has 1 amide bonds. The lowest BCUT2D eigenvalue weighted by Gasteiger charge is -2.09. The Balaban J connectivity index is 2.92. The number of amides is 1. The predicted molar refractivity (Wildman–Crippen MR) is 61.6 cm³/mol. The number of nitrogens with one attached hydrogen (secondary N) is 1. The van der Waals surface area contributed by atoms with Crippen LogP contribution in [0.2, 0.25) is 0 Å². The van der Waals surface area contributed by atoms with Gasteiger partial charge in [-0.1, -0.05) is 12.1 Å². The molecule has 1 aromatic carbocycles. The van der Waals surface area contributed by atoms with Gasteiger partial charge in [0.05, 0.1) is 10.8 Å². The van der Waals surface area contributed by atoms with E-state index >= 15 is 0 Å². The first kappa shape index (κ1) is 12.8. The molecule has 0 aliphatic heterocycles. The zero-order valence-electron chi connectivity index (χ0n) is 9.47. The molecule has 1 rings (SSSR count). The summed E-state index contributed by atoms with van der Waals surface area (Å²) in [6.45, 7) is 2.75. The molecule has 0 spiro atoms. The fraction of sp³-hybridized carbons (Fsp3) is 0.273. The Labute approximate surface area is 97.8 Å². The van der Waals surface area contributed by atoms with Crippen LogP contribution in [0.1, 0.15) is 13.8 Å². The molecule has 0 saturated carbocycles. The first-order valence-corrected chi connectivity index (χ1v) is 4.98. The summed E-state index contributed by atoms with van der Waals surface area (Å²) in [4.78, 5) is 32.7. The summed E-state index contributed by atoms with van der Waals surface area (Å²) in [6.07, 6.45) is 0. The van der Waals surface area contributed by atoms with Crippen molar-refractivity contribution in [1.29, 1.82) is 0 Å². The van der Waals surface area contributed by atoms with Gasteiger partial charge < -0.3 is 5.32 Å². The average Bonchev–Trinajstić information content (AvgIpc) is 2.28. The fourth-order valence-electron chi connectivity index (χ4n) is 1.16. The highest BCUT2D eigenvalue weighted by molar-refractivity contribution is 6.06. The molecule has 0 saturated heterocycles. The van der Waals surface area contributed by atoms with E-state index in [4.69, 9.17) is 0 Å². The van der Waals surface area contributed by atoms with Gasteiger partial charge in [-0.2, -0.15) is 0 Å². The molecule has 17 heavy (non-hydrogen) atoms. The maximum atomic E-state index is 11.6. The first-order chi connectivity index (χ1) is 7.93. The van der Waals surface area contributed by atoms with Crippen LogP contribution in [0.5, 0.6) is 0 Å². The molecule has 6 nitrogen and oxygen atoms in total. The Kier molecular flexibility index (Phi) is 3.92. The molecule has 0 aromatic heterocycles. The zero-order chi connectivity index (χ0) is 13.0. The van der Waals surface area contributed by atoms with Gasteiger partial charge in [0.15, 0.2) is 0 Å². The Morgan fingerprint density at radius 3 is 2.47 bits per heavy atom. The van der Waals surface area contributed by atoms with Gasteiger partial charge in [-0.25, -0.2) is 0 Å². The highest BCUT2D eigenvalue weighted by atomic mass is 16.6. The average molecular weight is 236 g/mol. The van der Waals surface area contributed by atoms with Gasteiger partial charge in [-0.15, -0.1) is 0 Å². The Bertz CT molecular complexity index is 470. The van der Waals surface area contributed by atoms with Crippen molar-refractivity contribution >= 4 is 23.1 Å². The van der Waals surface area contributed by atoms with Crippen molar-refractivity contribution in [2.45, 2.75) is 13.8 Å². The number of carbonyl (C=O) groups is 2. The van der Waals surface area contributed by atoms with Gasteiger partial charge in [0, 0.05) is 6.07 Å².